The fourth-order valence-electron chi connectivity index (χ4n) is 1.77. The molecule has 0 bridgehead atoms. The maximum atomic E-state index is 13.0. The molecule has 0 aliphatic heterocycles. The molecule has 1 N–H and O–H groups in total. The largest absolute Gasteiger partial charge is 0.383 e. The van der Waals surface area contributed by atoms with Gasteiger partial charge in [-0.15, -0.1) is 0 Å². The fourth-order valence-corrected chi connectivity index (χ4v) is 2.17. The van der Waals surface area contributed by atoms with Gasteiger partial charge < -0.3 is 5.11 Å². The average Bonchev–Trinajstić information content (AvgIpc) is 1.94. The minimum Gasteiger partial charge on any atom is -0.383 e. The van der Waals surface area contributed by atoms with Crippen LogP contribution in [0, 0.1) is 0 Å². The molecular formula is C9H15BrF2O. The summed E-state index contributed by atoms with van der Waals surface area (Å²) in [6.45, 7) is 0. The van der Waals surface area contributed by atoms with Crippen LogP contribution in [0.3, 0.4) is 0 Å². The van der Waals surface area contributed by atoms with Crippen molar-refractivity contribution in [2.45, 2.75) is 55.4 Å². The highest BCUT2D eigenvalue weighted by Gasteiger charge is 2.49. The Kier molecular flexibility index (Phi) is 3.69. The third-order valence-electron chi connectivity index (χ3n) is 2.71. The third kappa shape index (κ3) is 2.88. The van der Waals surface area contributed by atoms with Crippen LogP contribution in [0.1, 0.15) is 44.9 Å². The number of halogens is 3. The average molecular weight is 257 g/mol. The van der Waals surface area contributed by atoms with Gasteiger partial charge in [-0.3, -0.25) is 0 Å². The van der Waals surface area contributed by atoms with E-state index in [4.69, 9.17) is 0 Å². The summed E-state index contributed by atoms with van der Waals surface area (Å²) in [4.78, 5) is -3.14. The molecule has 1 saturated carbocycles. The first kappa shape index (κ1) is 11.4. The van der Waals surface area contributed by atoms with Crippen LogP contribution in [0.5, 0.6) is 0 Å². The first-order valence-corrected chi connectivity index (χ1v) is 5.54. The first-order valence-electron chi connectivity index (χ1n) is 4.75. The molecule has 0 heterocycles. The van der Waals surface area contributed by atoms with E-state index in [0.717, 1.165) is 19.3 Å². The van der Waals surface area contributed by atoms with Crippen molar-refractivity contribution in [3.8, 4) is 0 Å². The third-order valence-corrected chi connectivity index (χ3v) is 3.45. The highest BCUT2D eigenvalue weighted by Crippen LogP contribution is 2.42. The van der Waals surface area contributed by atoms with E-state index in [9.17, 15) is 13.9 Å². The van der Waals surface area contributed by atoms with Crippen LogP contribution >= 0.6 is 15.9 Å². The van der Waals surface area contributed by atoms with Crippen molar-refractivity contribution in [3.63, 3.8) is 0 Å². The van der Waals surface area contributed by atoms with E-state index in [1.165, 1.54) is 0 Å². The van der Waals surface area contributed by atoms with Gasteiger partial charge in [0.25, 0.3) is 0 Å². The Labute approximate surface area is 85.6 Å². The highest BCUT2D eigenvalue weighted by molar-refractivity contribution is 9.10. The summed E-state index contributed by atoms with van der Waals surface area (Å²) < 4.78 is 25.9. The smallest absolute Gasteiger partial charge is 0.329 e. The zero-order valence-corrected chi connectivity index (χ0v) is 9.12. The van der Waals surface area contributed by atoms with E-state index in [1.807, 2.05) is 0 Å². The lowest BCUT2D eigenvalue weighted by Gasteiger charge is -2.33. The van der Waals surface area contributed by atoms with Crippen molar-refractivity contribution in [2.75, 3.05) is 0 Å². The van der Waals surface area contributed by atoms with Gasteiger partial charge in [-0.2, -0.15) is 8.78 Å². The molecule has 0 aromatic carbocycles. The van der Waals surface area contributed by atoms with E-state index in [2.05, 4.69) is 15.9 Å². The van der Waals surface area contributed by atoms with Gasteiger partial charge in [0.1, 0.15) is 5.60 Å². The molecule has 4 heteroatoms. The SMILES string of the molecule is OC1(C(F)(F)Br)CCCCCCC1. The Hall–Kier alpha value is 0.300. The molecule has 1 aliphatic carbocycles. The zero-order chi connectivity index (χ0) is 9.95. The maximum absolute atomic E-state index is 13.0. The summed E-state index contributed by atoms with van der Waals surface area (Å²) in [6.07, 6.45) is 4.78. The predicted octanol–water partition coefficient (Wildman–Crippen LogP) is 3.45. The quantitative estimate of drug-likeness (QED) is 0.713. The van der Waals surface area contributed by atoms with Gasteiger partial charge in [0, 0.05) is 0 Å². The van der Waals surface area contributed by atoms with Crippen LogP contribution in [0.15, 0.2) is 0 Å². The standard InChI is InChI=1S/C9H15BrF2O/c10-9(11,12)8(13)6-4-2-1-3-5-7-8/h13H,1-7H2. The molecule has 0 saturated heterocycles. The molecule has 13 heavy (non-hydrogen) atoms. The summed E-state index contributed by atoms with van der Waals surface area (Å²) >= 11 is 2.27. The molecule has 0 aromatic rings. The summed E-state index contributed by atoms with van der Waals surface area (Å²) in [7, 11) is 0. The summed E-state index contributed by atoms with van der Waals surface area (Å²) in [5.41, 5.74) is -1.83. The Morgan fingerprint density at radius 2 is 1.38 bits per heavy atom. The van der Waals surface area contributed by atoms with Crippen molar-refractivity contribution in [2.24, 2.45) is 0 Å². The predicted molar refractivity (Wildman–Crippen MR) is 51.1 cm³/mol. The molecule has 0 amide bonds. The van der Waals surface area contributed by atoms with E-state index in [1.54, 1.807) is 0 Å². The van der Waals surface area contributed by atoms with Crippen molar-refractivity contribution >= 4 is 15.9 Å². The van der Waals surface area contributed by atoms with Gasteiger partial charge in [-0.1, -0.05) is 32.1 Å². The molecule has 1 nitrogen and oxygen atoms in total. The van der Waals surface area contributed by atoms with Gasteiger partial charge in [-0.05, 0) is 28.8 Å². The summed E-state index contributed by atoms with van der Waals surface area (Å²) in [5.74, 6) is 0. The van der Waals surface area contributed by atoms with E-state index in [-0.39, 0.29) is 12.8 Å². The minimum absolute atomic E-state index is 0.200. The van der Waals surface area contributed by atoms with Crippen molar-refractivity contribution in [1.29, 1.82) is 0 Å². The Bertz CT molecular complexity index is 159. The Morgan fingerprint density at radius 1 is 1.00 bits per heavy atom. The number of alkyl halides is 3. The van der Waals surface area contributed by atoms with Gasteiger partial charge in [0.15, 0.2) is 0 Å². The molecule has 1 fully saturated rings. The number of hydrogen-bond acceptors (Lipinski definition) is 1. The Morgan fingerprint density at radius 3 is 1.77 bits per heavy atom. The second-order valence-electron chi connectivity index (χ2n) is 3.80. The monoisotopic (exact) mass is 256 g/mol. The molecule has 0 spiro atoms. The molecular weight excluding hydrogens is 242 g/mol. The summed E-state index contributed by atoms with van der Waals surface area (Å²) in [5, 5.41) is 9.72. The molecule has 0 radical (unpaired) electrons. The van der Waals surface area contributed by atoms with Crippen LogP contribution in [-0.4, -0.2) is 15.5 Å². The second-order valence-corrected chi connectivity index (χ2v) is 4.79. The second kappa shape index (κ2) is 4.22. The maximum Gasteiger partial charge on any atom is 0.329 e. The van der Waals surface area contributed by atoms with Gasteiger partial charge in [0.2, 0.25) is 0 Å². The van der Waals surface area contributed by atoms with E-state index < -0.39 is 10.4 Å². The van der Waals surface area contributed by atoms with Crippen LogP contribution in [0.4, 0.5) is 8.78 Å². The molecule has 1 aliphatic rings. The van der Waals surface area contributed by atoms with Crippen LogP contribution in [0.2, 0.25) is 0 Å². The number of rotatable bonds is 1. The van der Waals surface area contributed by atoms with E-state index in [0.29, 0.717) is 12.8 Å². The van der Waals surface area contributed by atoms with Crippen LogP contribution in [0.25, 0.3) is 0 Å². The first-order chi connectivity index (χ1) is 5.96. The van der Waals surface area contributed by atoms with Crippen LogP contribution < -0.4 is 0 Å². The van der Waals surface area contributed by atoms with E-state index >= 15 is 0 Å². The van der Waals surface area contributed by atoms with Crippen molar-refractivity contribution in [1.82, 2.24) is 0 Å². The normalized spacial score (nSPS) is 24.9. The van der Waals surface area contributed by atoms with Gasteiger partial charge >= 0.3 is 4.83 Å². The molecule has 0 aromatic heterocycles. The lowest BCUT2D eigenvalue weighted by atomic mass is 9.87. The summed E-state index contributed by atoms with van der Waals surface area (Å²) in [6, 6.07) is 0. The van der Waals surface area contributed by atoms with Crippen molar-refractivity contribution < 1.29 is 13.9 Å². The lowest BCUT2D eigenvalue weighted by Crippen LogP contribution is -2.44. The molecule has 0 unspecified atom stereocenters. The lowest BCUT2D eigenvalue weighted by molar-refractivity contribution is -0.128. The zero-order valence-electron chi connectivity index (χ0n) is 7.53. The topological polar surface area (TPSA) is 20.2 Å². The number of hydrogen-bond donors (Lipinski definition) is 1. The Balaban J connectivity index is 2.62. The minimum atomic E-state index is -3.14. The highest BCUT2D eigenvalue weighted by atomic mass is 79.9. The molecule has 0 atom stereocenters. The molecule has 78 valence electrons. The van der Waals surface area contributed by atoms with Crippen molar-refractivity contribution in [3.05, 3.63) is 0 Å². The fraction of sp³-hybridized carbons (Fsp3) is 1.00. The van der Waals surface area contributed by atoms with Gasteiger partial charge in [0.05, 0.1) is 0 Å². The molecule has 1 rings (SSSR count). The van der Waals surface area contributed by atoms with Crippen LogP contribution in [-0.2, 0) is 0 Å². The van der Waals surface area contributed by atoms with Gasteiger partial charge in [-0.25, -0.2) is 0 Å². The number of aliphatic hydroxyl groups is 1.